The van der Waals surface area contributed by atoms with Crippen molar-refractivity contribution < 1.29 is 0 Å². The van der Waals surface area contributed by atoms with Crippen LogP contribution < -0.4 is 5.32 Å². The molecule has 3 fully saturated rings. The zero-order chi connectivity index (χ0) is 13.8. The van der Waals surface area contributed by atoms with Crippen LogP contribution in [0.5, 0.6) is 0 Å². The lowest BCUT2D eigenvalue weighted by atomic mass is 9.83. The number of nitrogens with zero attached hydrogens (tertiary/aromatic N) is 2. The molecule has 0 spiro atoms. The van der Waals surface area contributed by atoms with Gasteiger partial charge in [-0.25, -0.2) is 0 Å². The Labute approximate surface area is 125 Å². The monoisotopic (exact) mass is 279 g/mol. The molecule has 20 heavy (non-hydrogen) atoms. The first kappa shape index (κ1) is 14.8. The molecule has 0 bridgehead atoms. The number of hydrogen-bond acceptors (Lipinski definition) is 3. The third-order valence-electron chi connectivity index (χ3n) is 5.73. The number of rotatable bonds is 5. The zero-order valence-corrected chi connectivity index (χ0v) is 13.3. The second-order valence-electron chi connectivity index (χ2n) is 7.20. The van der Waals surface area contributed by atoms with Crippen molar-refractivity contribution in [3.05, 3.63) is 0 Å². The lowest BCUT2D eigenvalue weighted by Gasteiger charge is -2.41. The van der Waals surface area contributed by atoms with Crippen LogP contribution in [-0.4, -0.2) is 61.2 Å². The van der Waals surface area contributed by atoms with E-state index in [1.165, 1.54) is 84.2 Å². The summed E-state index contributed by atoms with van der Waals surface area (Å²) in [5, 5.41) is 3.82. The lowest BCUT2D eigenvalue weighted by molar-refractivity contribution is 0.0777. The van der Waals surface area contributed by atoms with Gasteiger partial charge >= 0.3 is 0 Å². The van der Waals surface area contributed by atoms with Crippen LogP contribution in [0, 0.1) is 5.92 Å². The van der Waals surface area contributed by atoms with Crippen molar-refractivity contribution in [2.24, 2.45) is 5.92 Å². The summed E-state index contributed by atoms with van der Waals surface area (Å²) in [7, 11) is 0. The fourth-order valence-corrected chi connectivity index (χ4v) is 4.58. The number of hydrogen-bond donors (Lipinski definition) is 1. The van der Waals surface area contributed by atoms with Gasteiger partial charge in [-0.2, -0.15) is 0 Å². The molecule has 0 aromatic heterocycles. The van der Waals surface area contributed by atoms with E-state index in [1.807, 2.05) is 0 Å². The molecule has 1 aliphatic carbocycles. The SMILES string of the molecule is CCCNC1CCCCC1CN1CCN2CCCC2C1. The molecule has 2 saturated heterocycles. The van der Waals surface area contributed by atoms with E-state index in [0.29, 0.717) is 0 Å². The molecule has 3 atom stereocenters. The van der Waals surface area contributed by atoms with E-state index in [1.54, 1.807) is 0 Å². The number of fused-ring (bicyclic) bond motifs is 1. The fourth-order valence-electron chi connectivity index (χ4n) is 4.58. The first-order chi connectivity index (χ1) is 9.86. The van der Waals surface area contributed by atoms with E-state index in [2.05, 4.69) is 22.0 Å². The summed E-state index contributed by atoms with van der Waals surface area (Å²) in [4.78, 5) is 5.51. The highest BCUT2D eigenvalue weighted by molar-refractivity contribution is 4.90. The van der Waals surface area contributed by atoms with Gasteiger partial charge in [-0.3, -0.25) is 4.90 Å². The Morgan fingerprint density at radius 1 is 1.00 bits per heavy atom. The smallest absolute Gasteiger partial charge is 0.0224 e. The Morgan fingerprint density at radius 3 is 2.80 bits per heavy atom. The van der Waals surface area contributed by atoms with Crippen molar-refractivity contribution in [2.45, 2.75) is 64.0 Å². The van der Waals surface area contributed by atoms with Crippen LogP contribution in [0.3, 0.4) is 0 Å². The Balaban J connectivity index is 1.50. The molecule has 0 aromatic carbocycles. The van der Waals surface area contributed by atoms with Gasteiger partial charge in [-0.05, 0) is 51.1 Å². The van der Waals surface area contributed by atoms with Gasteiger partial charge in [0.15, 0.2) is 0 Å². The van der Waals surface area contributed by atoms with Crippen LogP contribution in [0.4, 0.5) is 0 Å². The molecule has 2 heterocycles. The second kappa shape index (κ2) is 7.24. The number of nitrogens with one attached hydrogen (secondary N) is 1. The van der Waals surface area contributed by atoms with E-state index >= 15 is 0 Å². The van der Waals surface area contributed by atoms with Crippen molar-refractivity contribution in [3.63, 3.8) is 0 Å². The van der Waals surface area contributed by atoms with Crippen molar-refractivity contribution >= 4 is 0 Å². The third-order valence-corrected chi connectivity index (χ3v) is 5.73. The van der Waals surface area contributed by atoms with Gasteiger partial charge in [0.25, 0.3) is 0 Å². The summed E-state index contributed by atoms with van der Waals surface area (Å²) >= 11 is 0. The summed E-state index contributed by atoms with van der Waals surface area (Å²) in [5.74, 6) is 0.906. The molecule has 0 radical (unpaired) electrons. The molecule has 0 aromatic rings. The summed E-state index contributed by atoms with van der Waals surface area (Å²) < 4.78 is 0. The van der Waals surface area contributed by atoms with Gasteiger partial charge in [0, 0.05) is 38.3 Å². The molecule has 0 amide bonds. The maximum absolute atomic E-state index is 3.82. The van der Waals surface area contributed by atoms with Crippen LogP contribution in [0.25, 0.3) is 0 Å². The van der Waals surface area contributed by atoms with Gasteiger partial charge < -0.3 is 10.2 Å². The van der Waals surface area contributed by atoms with Crippen LogP contribution in [0.2, 0.25) is 0 Å². The lowest BCUT2D eigenvalue weighted by Crippen LogP contribution is -2.53. The highest BCUT2D eigenvalue weighted by atomic mass is 15.3. The molecule has 3 nitrogen and oxygen atoms in total. The summed E-state index contributed by atoms with van der Waals surface area (Å²) in [6, 6.07) is 1.68. The summed E-state index contributed by atoms with van der Waals surface area (Å²) in [6.45, 7) is 10.2. The van der Waals surface area contributed by atoms with Gasteiger partial charge in [0.05, 0.1) is 0 Å². The molecule has 1 N–H and O–H groups in total. The van der Waals surface area contributed by atoms with Crippen LogP contribution in [0.15, 0.2) is 0 Å². The Kier molecular flexibility index (Phi) is 5.36. The maximum Gasteiger partial charge on any atom is 0.0224 e. The van der Waals surface area contributed by atoms with Gasteiger partial charge in [0.1, 0.15) is 0 Å². The van der Waals surface area contributed by atoms with Crippen molar-refractivity contribution in [1.29, 1.82) is 0 Å². The van der Waals surface area contributed by atoms with Crippen LogP contribution in [-0.2, 0) is 0 Å². The first-order valence-corrected chi connectivity index (χ1v) is 9.06. The predicted molar refractivity (Wildman–Crippen MR) is 85.1 cm³/mol. The highest BCUT2D eigenvalue weighted by Crippen LogP contribution is 2.27. The van der Waals surface area contributed by atoms with Gasteiger partial charge in [-0.15, -0.1) is 0 Å². The van der Waals surface area contributed by atoms with Crippen LogP contribution in [0.1, 0.15) is 51.9 Å². The molecule has 3 unspecified atom stereocenters. The van der Waals surface area contributed by atoms with E-state index in [-0.39, 0.29) is 0 Å². The molecule has 3 aliphatic rings. The van der Waals surface area contributed by atoms with Crippen molar-refractivity contribution in [2.75, 3.05) is 39.3 Å². The van der Waals surface area contributed by atoms with Crippen molar-refractivity contribution in [1.82, 2.24) is 15.1 Å². The average Bonchev–Trinajstić information content (AvgIpc) is 2.94. The molecule has 3 rings (SSSR count). The molecule has 2 aliphatic heterocycles. The minimum atomic E-state index is 0.797. The Bertz CT molecular complexity index is 294. The van der Waals surface area contributed by atoms with E-state index < -0.39 is 0 Å². The molecule has 1 saturated carbocycles. The molecule has 3 heteroatoms. The van der Waals surface area contributed by atoms with Crippen molar-refractivity contribution in [3.8, 4) is 0 Å². The average molecular weight is 279 g/mol. The topological polar surface area (TPSA) is 18.5 Å². The largest absolute Gasteiger partial charge is 0.314 e. The highest BCUT2D eigenvalue weighted by Gasteiger charge is 2.33. The third kappa shape index (κ3) is 3.55. The van der Waals surface area contributed by atoms with Crippen LogP contribution >= 0.6 is 0 Å². The van der Waals surface area contributed by atoms with E-state index in [0.717, 1.165) is 18.0 Å². The minimum Gasteiger partial charge on any atom is -0.314 e. The van der Waals surface area contributed by atoms with Gasteiger partial charge in [0.2, 0.25) is 0 Å². The second-order valence-corrected chi connectivity index (χ2v) is 7.20. The fraction of sp³-hybridized carbons (Fsp3) is 1.00. The molecular weight excluding hydrogens is 246 g/mol. The maximum atomic E-state index is 3.82. The normalized spacial score (nSPS) is 36.1. The Morgan fingerprint density at radius 2 is 1.90 bits per heavy atom. The summed E-state index contributed by atoms with van der Waals surface area (Å²) in [5.41, 5.74) is 0. The Hall–Kier alpha value is -0.120. The predicted octanol–water partition coefficient (Wildman–Crippen LogP) is 2.32. The standard InChI is InChI=1S/C17H33N3/c1-2-9-18-17-8-4-3-6-15(17)13-19-11-12-20-10-5-7-16(20)14-19/h15-18H,2-14H2,1H3. The summed E-state index contributed by atoms with van der Waals surface area (Å²) in [6.07, 6.45) is 9.90. The molecular formula is C17H33N3. The molecule has 116 valence electrons. The minimum absolute atomic E-state index is 0.797. The zero-order valence-electron chi connectivity index (χ0n) is 13.3. The quantitative estimate of drug-likeness (QED) is 0.833. The van der Waals surface area contributed by atoms with Gasteiger partial charge in [-0.1, -0.05) is 19.8 Å². The number of piperazine rings is 1. The first-order valence-electron chi connectivity index (χ1n) is 9.06. The van der Waals surface area contributed by atoms with E-state index in [4.69, 9.17) is 0 Å². The van der Waals surface area contributed by atoms with E-state index in [9.17, 15) is 0 Å².